The lowest BCUT2D eigenvalue weighted by Gasteiger charge is -2.37. The molecule has 146 valence electrons. The van der Waals surface area contributed by atoms with Crippen LogP contribution in [0.5, 0.6) is 0 Å². The van der Waals surface area contributed by atoms with Crippen LogP contribution in [-0.2, 0) is 21.1 Å². The molecule has 0 heterocycles. The van der Waals surface area contributed by atoms with Gasteiger partial charge in [0, 0.05) is 6.04 Å². The van der Waals surface area contributed by atoms with Crippen molar-refractivity contribution in [2.75, 3.05) is 11.5 Å². The van der Waals surface area contributed by atoms with Crippen LogP contribution in [0.4, 0.5) is 0 Å². The summed E-state index contributed by atoms with van der Waals surface area (Å²) in [7, 11) is -3.37. The molecule has 1 amide bonds. The van der Waals surface area contributed by atoms with Gasteiger partial charge in [-0.05, 0) is 49.0 Å². The highest BCUT2D eigenvalue weighted by atomic mass is 32.2. The SMILES string of the molecule is CC(C)[C@H]1CC[C@@H](C)C[C@H]1NC(=O)CS(=O)(=O)CCCc1ccccc1. The zero-order valence-electron chi connectivity index (χ0n) is 16.3. The average Bonchev–Trinajstić information content (AvgIpc) is 2.54. The van der Waals surface area contributed by atoms with Crippen molar-refractivity contribution in [3.05, 3.63) is 35.9 Å². The number of carbonyl (C=O) groups excluding carboxylic acids is 1. The van der Waals surface area contributed by atoms with Gasteiger partial charge in [0.25, 0.3) is 0 Å². The second-order valence-electron chi connectivity index (χ2n) is 8.18. The summed E-state index contributed by atoms with van der Waals surface area (Å²) < 4.78 is 24.6. The van der Waals surface area contributed by atoms with E-state index in [1.807, 2.05) is 30.3 Å². The Morgan fingerprint density at radius 1 is 1.19 bits per heavy atom. The van der Waals surface area contributed by atoms with Crippen molar-refractivity contribution in [2.45, 2.75) is 58.9 Å². The predicted octanol–water partition coefficient (Wildman–Crippen LogP) is 3.61. The van der Waals surface area contributed by atoms with Crippen molar-refractivity contribution in [3.63, 3.8) is 0 Å². The van der Waals surface area contributed by atoms with E-state index in [4.69, 9.17) is 0 Å². The number of benzene rings is 1. The van der Waals surface area contributed by atoms with Gasteiger partial charge >= 0.3 is 0 Å². The van der Waals surface area contributed by atoms with Crippen LogP contribution in [0, 0.1) is 17.8 Å². The van der Waals surface area contributed by atoms with Crippen LogP contribution in [0.25, 0.3) is 0 Å². The van der Waals surface area contributed by atoms with E-state index in [1.165, 1.54) is 6.42 Å². The molecular weight excluding hydrogens is 346 g/mol. The molecule has 4 nitrogen and oxygen atoms in total. The second kappa shape index (κ2) is 9.54. The summed E-state index contributed by atoms with van der Waals surface area (Å²) in [5.74, 6) is 0.847. The summed E-state index contributed by atoms with van der Waals surface area (Å²) in [6, 6.07) is 9.94. The molecule has 0 aromatic heterocycles. The lowest BCUT2D eigenvalue weighted by Crippen LogP contribution is -2.47. The van der Waals surface area contributed by atoms with E-state index < -0.39 is 15.6 Å². The van der Waals surface area contributed by atoms with Gasteiger partial charge in [0.1, 0.15) is 5.75 Å². The van der Waals surface area contributed by atoms with E-state index in [-0.39, 0.29) is 17.7 Å². The number of hydrogen-bond donors (Lipinski definition) is 1. The minimum Gasteiger partial charge on any atom is -0.352 e. The third-order valence-electron chi connectivity index (χ3n) is 5.48. The fourth-order valence-electron chi connectivity index (χ4n) is 4.03. The molecule has 0 spiro atoms. The van der Waals surface area contributed by atoms with Crippen molar-refractivity contribution in [2.24, 2.45) is 17.8 Å². The van der Waals surface area contributed by atoms with Gasteiger partial charge in [-0.3, -0.25) is 4.79 Å². The van der Waals surface area contributed by atoms with Crippen LogP contribution in [0.15, 0.2) is 30.3 Å². The molecule has 2 rings (SSSR count). The highest BCUT2D eigenvalue weighted by Crippen LogP contribution is 2.33. The van der Waals surface area contributed by atoms with Crippen molar-refractivity contribution >= 4 is 15.7 Å². The van der Waals surface area contributed by atoms with Gasteiger partial charge in [0.2, 0.25) is 5.91 Å². The van der Waals surface area contributed by atoms with E-state index in [0.717, 1.165) is 24.8 Å². The molecule has 1 aliphatic carbocycles. The minimum absolute atomic E-state index is 0.0595. The summed E-state index contributed by atoms with van der Waals surface area (Å²) in [6.45, 7) is 6.57. The molecule has 1 N–H and O–H groups in total. The predicted molar refractivity (Wildman–Crippen MR) is 107 cm³/mol. The van der Waals surface area contributed by atoms with E-state index in [9.17, 15) is 13.2 Å². The van der Waals surface area contributed by atoms with E-state index in [0.29, 0.717) is 24.2 Å². The van der Waals surface area contributed by atoms with E-state index in [2.05, 4.69) is 26.1 Å². The fraction of sp³-hybridized carbons (Fsp3) is 0.667. The maximum Gasteiger partial charge on any atom is 0.235 e. The first-order chi connectivity index (χ1) is 12.3. The van der Waals surface area contributed by atoms with Gasteiger partial charge in [-0.1, -0.05) is 57.5 Å². The Kier molecular flexibility index (Phi) is 7.69. The molecule has 3 atom stereocenters. The van der Waals surface area contributed by atoms with Gasteiger partial charge in [-0.15, -0.1) is 0 Å². The number of hydrogen-bond acceptors (Lipinski definition) is 3. The number of amides is 1. The molecule has 0 saturated heterocycles. The summed E-state index contributed by atoms with van der Waals surface area (Å²) in [6.07, 6.45) is 4.51. The molecular formula is C21H33NO3S. The third-order valence-corrected chi connectivity index (χ3v) is 7.10. The normalized spacial score (nSPS) is 23.8. The molecule has 1 aliphatic rings. The van der Waals surface area contributed by atoms with Crippen molar-refractivity contribution in [1.29, 1.82) is 0 Å². The van der Waals surface area contributed by atoms with Crippen LogP contribution in [0.1, 0.15) is 52.0 Å². The highest BCUT2D eigenvalue weighted by molar-refractivity contribution is 7.92. The van der Waals surface area contributed by atoms with Crippen LogP contribution >= 0.6 is 0 Å². The quantitative estimate of drug-likeness (QED) is 0.750. The number of aryl methyl sites for hydroxylation is 1. The van der Waals surface area contributed by atoms with Gasteiger partial charge in [-0.2, -0.15) is 0 Å². The maximum atomic E-state index is 12.3. The van der Waals surface area contributed by atoms with Gasteiger partial charge in [0.15, 0.2) is 9.84 Å². The Balaban J connectivity index is 1.82. The molecule has 1 fully saturated rings. The van der Waals surface area contributed by atoms with Gasteiger partial charge in [0.05, 0.1) is 5.75 Å². The molecule has 0 unspecified atom stereocenters. The number of rotatable bonds is 8. The summed E-state index contributed by atoms with van der Waals surface area (Å²) in [5.41, 5.74) is 1.13. The monoisotopic (exact) mass is 379 g/mol. The number of nitrogens with one attached hydrogen (secondary N) is 1. The molecule has 0 aliphatic heterocycles. The molecule has 1 aromatic rings. The molecule has 0 bridgehead atoms. The van der Waals surface area contributed by atoms with Crippen molar-refractivity contribution in [1.82, 2.24) is 5.32 Å². The van der Waals surface area contributed by atoms with Crippen molar-refractivity contribution < 1.29 is 13.2 Å². The number of carbonyl (C=O) groups is 1. The topological polar surface area (TPSA) is 63.2 Å². The summed E-state index contributed by atoms with van der Waals surface area (Å²) >= 11 is 0. The average molecular weight is 380 g/mol. The van der Waals surface area contributed by atoms with E-state index in [1.54, 1.807) is 0 Å². The van der Waals surface area contributed by atoms with E-state index >= 15 is 0 Å². The van der Waals surface area contributed by atoms with Crippen LogP contribution in [-0.4, -0.2) is 31.9 Å². The first-order valence-electron chi connectivity index (χ1n) is 9.80. The second-order valence-corrected chi connectivity index (χ2v) is 10.4. The highest BCUT2D eigenvalue weighted by Gasteiger charge is 2.32. The lowest BCUT2D eigenvalue weighted by atomic mass is 9.74. The first kappa shape index (κ1) is 20.9. The maximum absolute atomic E-state index is 12.3. The van der Waals surface area contributed by atoms with Crippen LogP contribution in [0.2, 0.25) is 0 Å². The smallest absolute Gasteiger partial charge is 0.235 e. The first-order valence-corrected chi connectivity index (χ1v) is 11.6. The fourth-order valence-corrected chi connectivity index (χ4v) is 5.24. The Morgan fingerprint density at radius 2 is 1.88 bits per heavy atom. The lowest BCUT2D eigenvalue weighted by molar-refractivity contribution is -0.120. The molecule has 1 aromatic carbocycles. The number of sulfone groups is 1. The third kappa shape index (κ3) is 6.75. The molecule has 5 heteroatoms. The zero-order valence-corrected chi connectivity index (χ0v) is 17.1. The largest absolute Gasteiger partial charge is 0.352 e. The molecule has 0 radical (unpaired) electrons. The Hall–Kier alpha value is -1.36. The van der Waals surface area contributed by atoms with Gasteiger partial charge in [-0.25, -0.2) is 8.42 Å². The zero-order chi connectivity index (χ0) is 19.2. The molecule has 1 saturated carbocycles. The van der Waals surface area contributed by atoms with Crippen LogP contribution < -0.4 is 5.32 Å². The van der Waals surface area contributed by atoms with Crippen LogP contribution in [0.3, 0.4) is 0 Å². The Bertz CT molecular complexity index is 670. The standard InChI is InChI=1S/C21H33NO3S/c1-16(2)19-12-11-17(3)14-20(19)22-21(23)15-26(24,25)13-7-10-18-8-5-4-6-9-18/h4-6,8-9,16-17,19-20H,7,10-15H2,1-3H3,(H,22,23)/t17-,19-,20-/m1/s1. The van der Waals surface area contributed by atoms with Gasteiger partial charge < -0.3 is 5.32 Å². The summed E-state index contributed by atoms with van der Waals surface area (Å²) in [5, 5.41) is 3.03. The summed E-state index contributed by atoms with van der Waals surface area (Å²) in [4.78, 5) is 12.3. The molecule has 26 heavy (non-hydrogen) atoms. The Labute approximate surface area is 158 Å². The minimum atomic E-state index is -3.37. The Morgan fingerprint density at radius 3 is 2.54 bits per heavy atom. The van der Waals surface area contributed by atoms with Crippen molar-refractivity contribution in [3.8, 4) is 0 Å².